The molecule has 0 aliphatic carbocycles. The van der Waals surface area contributed by atoms with Crippen molar-refractivity contribution in [1.29, 1.82) is 0 Å². The molecule has 1 saturated heterocycles. The molecule has 0 spiro atoms. The molecule has 2 aromatic heterocycles. The number of anilines is 2. The summed E-state index contributed by atoms with van der Waals surface area (Å²) in [5, 5.41) is 7.28. The van der Waals surface area contributed by atoms with Crippen LogP contribution < -0.4 is 15.5 Å². The van der Waals surface area contributed by atoms with Crippen molar-refractivity contribution in [2.75, 3.05) is 37.0 Å². The van der Waals surface area contributed by atoms with Gasteiger partial charge >= 0.3 is 6.03 Å². The summed E-state index contributed by atoms with van der Waals surface area (Å²) in [6.45, 7) is 4.31. The number of nitrogens with zero attached hydrogens (tertiary/aromatic N) is 4. The van der Waals surface area contributed by atoms with Gasteiger partial charge in [0, 0.05) is 48.2 Å². The standard InChI is InChI=1S/C21H24N6O2S2/c1-14-12-29-9-8-27(14)18-11-17(13-31-21-23-7-10-30-21)24-19(26-18)15-3-5-16(6-4-15)25-20(28)22-2/h3-7,10-11,14H,8-9,12-13H2,1-2H3,(H2,22,25,28)/t14-/m0/s1. The lowest BCUT2D eigenvalue weighted by Crippen LogP contribution is -2.44. The zero-order chi connectivity index (χ0) is 21.6. The molecule has 3 aromatic rings. The molecule has 2 N–H and O–H groups in total. The highest BCUT2D eigenvalue weighted by Gasteiger charge is 2.22. The predicted octanol–water partition coefficient (Wildman–Crippen LogP) is 3.87. The van der Waals surface area contributed by atoms with Crippen LogP contribution in [0, 0.1) is 0 Å². The van der Waals surface area contributed by atoms with Crippen LogP contribution >= 0.6 is 23.1 Å². The van der Waals surface area contributed by atoms with Crippen LogP contribution in [0.1, 0.15) is 12.6 Å². The quantitative estimate of drug-likeness (QED) is 0.544. The molecule has 162 valence electrons. The molecule has 3 heterocycles. The van der Waals surface area contributed by atoms with Crippen molar-refractivity contribution in [2.24, 2.45) is 0 Å². The molecule has 1 fully saturated rings. The monoisotopic (exact) mass is 456 g/mol. The molecule has 0 unspecified atom stereocenters. The number of thioether (sulfide) groups is 1. The Bertz CT molecular complexity index is 1010. The SMILES string of the molecule is CNC(=O)Nc1ccc(-c2nc(CSc3nccs3)cc(N3CCOC[C@@H]3C)n2)cc1. The summed E-state index contributed by atoms with van der Waals surface area (Å²) >= 11 is 3.30. The number of benzene rings is 1. The maximum absolute atomic E-state index is 11.5. The number of amides is 2. The number of thiazole rings is 1. The van der Waals surface area contributed by atoms with Crippen LogP contribution in [0.5, 0.6) is 0 Å². The van der Waals surface area contributed by atoms with Crippen LogP contribution in [0.25, 0.3) is 11.4 Å². The van der Waals surface area contributed by atoms with E-state index >= 15 is 0 Å². The van der Waals surface area contributed by atoms with Crippen molar-refractivity contribution in [3.05, 3.63) is 47.6 Å². The molecule has 8 nitrogen and oxygen atoms in total. The number of hydrogen-bond donors (Lipinski definition) is 2. The molecule has 4 rings (SSSR count). The molecule has 0 radical (unpaired) electrons. The van der Waals surface area contributed by atoms with E-state index in [2.05, 4.69) is 33.5 Å². The summed E-state index contributed by atoms with van der Waals surface area (Å²) in [5.41, 5.74) is 2.55. The number of aromatic nitrogens is 3. The van der Waals surface area contributed by atoms with Crippen LogP contribution in [0.2, 0.25) is 0 Å². The van der Waals surface area contributed by atoms with Crippen LogP contribution in [-0.2, 0) is 10.5 Å². The second kappa shape index (κ2) is 10.1. The third-order valence-electron chi connectivity index (χ3n) is 4.81. The number of carbonyl (C=O) groups is 1. The minimum Gasteiger partial charge on any atom is -0.377 e. The maximum atomic E-state index is 11.5. The van der Waals surface area contributed by atoms with Gasteiger partial charge in [0.25, 0.3) is 0 Å². The predicted molar refractivity (Wildman–Crippen MR) is 125 cm³/mol. The number of urea groups is 1. The van der Waals surface area contributed by atoms with Gasteiger partial charge in [0.2, 0.25) is 0 Å². The number of nitrogens with one attached hydrogen (secondary N) is 2. The summed E-state index contributed by atoms with van der Waals surface area (Å²) in [6.07, 6.45) is 1.81. The van der Waals surface area contributed by atoms with Gasteiger partial charge in [0.05, 0.1) is 24.9 Å². The number of ether oxygens (including phenoxy) is 1. The van der Waals surface area contributed by atoms with Gasteiger partial charge in [0.15, 0.2) is 5.82 Å². The highest BCUT2D eigenvalue weighted by molar-refractivity contribution is 8.00. The molecular weight excluding hydrogens is 432 g/mol. The average Bonchev–Trinajstić information content (AvgIpc) is 3.32. The number of hydrogen-bond acceptors (Lipinski definition) is 8. The Morgan fingerprint density at radius 3 is 2.87 bits per heavy atom. The van der Waals surface area contributed by atoms with Gasteiger partial charge in [-0.2, -0.15) is 0 Å². The first-order valence-corrected chi connectivity index (χ1v) is 11.8. The molecule has 0 bridgehead atoms. The minimum absolute atomic E-state index is 0.245. The lowest BCUT2D eigenvalue weighted by atomic mass is 10.2. The molecule has 1 aliphatic rings. The lowest BCUT2D eigenvalue weighted by Gasteiger charge is -2.34. The van der Waals surface area contributed by atoms with Crippen LogP contribution in [0.3, 0.4) is 0 Å². The maximum Gasteiger partial charge on any atom is 0.318 e. The molecular formula is C21H24N6O2S2. The number of rotatable bonds is 6. The van der Waals surface area contributed by atoms with E-state index < -0.39 is 0 Å². The zero-order valence-corrected chi connectivity index (χ0v) is 19.0. The van der Waals surface area contributed by atoms with Gasteiger partial charge in [-0.05, 0) is 31.2 Å². The largest absolute Gasteiger partial charge is 0.377 e. The summed E-state index contributed by atoms with van der Waals surface area (Å²) in [4.78, 5) is 27.8. The number of carbonyl (C=O) groups excluding carboxylic acids is 1. The van der Waals surface area contributed by atoms with E-state index in [9.17, 15) is 4.79 Å². The summed E-state index contributed by atoms with van der Waals surface area (Å²) in [5.74, 6) is 2.28. The first-order valence-electron chi connectivity index (χ1n) is 9.96. The molecule has 1 atom stereocenters. The van der Waals surface area contributed by atoms with Gasteiger partial charge in [-0.1, -0.05) is 11.8 Å². The Balaban J connectivity index is 1.62. The molecule has 1 aliphatic heterocycles. The first-order chi connectivity index (χ1) is 15.1. The highest BCUT2D eigenvalue weighted by atomic mass is 32.2. The van der Waals surface area contributed by atoms with Gasteiger partial charge in [-0.3, -0.25) is 0 Å². The Labute approximate surface area is 189 Å². The normalized spacial score (nSPS) is 16.2. The van der Waals surface area contributed by atoms with E-state index in [1.165, 1.54) is 0 Å². The second-order valence-electron chi connectivity index (χ2n) is 7.03. The van der Waals surface area contributed by atoms with Crippen LogP contribution in [0.4, 0.5) is 16.3 Å². The van der Waals surface area contributed by atoms with Crippen LogP contribution in [-0.4, -0.2) is 53.8 Å². The molecule has 1 aromatic carbocycles. The van der Waals surface area contributed by atoms with Gasteiger partial charge in [-0.15, -0.1) is 11.3 Å². The highest BCUT2D eigenvalue weighted by Crippen LogP contribution is 2.28. The molecule has 31 heavy (non-hydrogen) atoms. The smallest absolute Gasteiger partial charge is 0.318 e. The fraction of sp³-hybridized carbons (Fsp3) is 0.333. The second-order valence-corrected chi connectivity index (χ2v) is 9.14. The zero-order valence-electron chi connectivity index (χ0n) is 17.4. The first kappa shape index (κ1) is 21.5. The average molecular weight is 457 g/mol. The summed E-state index contributed by atoms with van der Waals surface area (Å²) in [6, 6.07) is 9.59. The van der Waals surface area contributed by atoms with E-state index in [4.69, 9.17) is 14.7 Å². The lowest BCUT2D eigenvalue weighted by molar-refractivity contribution is 0.0985. The van der Waals surface area contributed by atoms with Crippen molar-refractivity contribution >= 4 is 40.6 Å². The topological polar surface area (TPSA) is 92.3 Å². The molecule has 2 amide bonds. The fourth-order valence-electron chi connectivity index (χ4n) is 3.21. The van der Waals surface area contributed by atoms with Crippen molar-refractivity contribution in [3.63, 3.8) is 0 Å². The Hall–Kier alpha value is -2.69. The van der Waals surface area contributed by atoms with Crippen LogP contribution in [0.15, 0.2) is 46.2 Å². The van der Waals surface area contributed by atoms with Crippen molar-refractivity contribution in [1.82, 2.24) is 20.3 Å². The Morgan fingerprint density at radius 1 is 1.32 bits per heavy atom. The third-order valence-corrected chi connectivity index (χ3v) is 6.81. The minimum atomic E-state index is -0.256. The van der Waals surface area contributed by atoms with E-state index in [0.717, 1.165) is 28.0 Å². The molecule has 10 heteroatoms. The Kier molecular flexibility index (Phi) is 7.00. The van der Waals surface area contributed by atoms with Gasteiger partial charge in [-0.25, -0.2) is 19.7 Å². The number of morpholine rings is 1. The van der Waals surface area contributed by atoms with Crippen molar-refractivity contribution < 1.29 is 9.53 Å². The summed E-state index contributed by atoms with van der Waals surface area (Å²) < 4.78 is 6.61. The molecule has 0 saturated carbocycles. The van der Waals surface area contributed by atoms with E-state index in [-0.39, 0.29) is 12.1 Å². The Morgan fingerprint density at radius 2 is 2.16 bits per heavy atom. The third kappa shape index (κ3) is 5.52. The summed E-state index contributed by atoms with van der Waals surface area (Å²) in [7, 11) is 1.58. The van der Waals surface area contributed by atoms with E-state index in [1.807, 2.05) is 35.8 Å². The van der Waals surface area contributed by atoms with Crippen molar-refractivity contribution in [2.45, 2.75) is 23.1 Å². The van der Waals surface area contributed by atoms with Gasteiger partial charge in [0.1, 0.15) is 10.2 Å². The van der Waals surface area contributed by atoms with Gasteiger partial charge < -0.3 is 20.3 Å². The van der Waals surface area contributed by atoms with E-state index in [0.29, 0.717) is 30.5 Å². The van der Waals surface area contributed by atoms with E-state index in [1.54, 1.807) is 30.1 Å². The van der Waals surface area contributed by atoms with Crippen molar-refractivity contribution in [3.8, 4) is 11.4 Å². The fourth-order valence-corrected chi connectivity index (χ4v) is 4.74.